The van der Waals surface area contributed by atoms with Crippen LogP contribution in [0, 0.1) is 0 Å². The molecule has 0 saturated carbocycles. The third kappa shape index (κ3) is 3.17. The number of rotatable bonds is 3. The van der Waals surface area contributed by atoms with Gasteiger partial charge in [0, 0.05) is 12.0 Å². The van der Waals surface area contributed by atoms with E-state index >= 15 is 0 Å². The summed E-state index contributed by atoms with van der Waals surface area (Å²) in [5.74, 6) is 0. The molecule has 0 bridgehead atoms. The van der Waals surface area contributed by atoms with Crippen molar-refractivity contribution in [3.8, 4) is 0 Å². The molecule has 1 aromatic heterocycles. The quantitative estimate of drug-likeness (QED) is 0.676. The number of alkyl halides is 3. The predicted molar refractivity (Wildman–Crippen MR) is 54.5 cm³/mol. The van der Waals surface area contributed by atoms with E-state index in [-0.39, 0.29) is 12.0 Å². The van der Waals surface area contributed by atoms with E-state index in [1.54, 1.807) is 0 Å². The molecule has 3 nitrogen and oxygen atoms in total. The molecule has 0 fully saturated rings. The number of aliphatic hydroxyl groups is 1. The van der Waals surface area contributed by atoms with E-state index in [0.29, 0.717) is 12.4 Å². The summed E-state index contributed by atoms with van der Waals surface area (Å²) >= 11 is 5.57. The van der Waals surface area contributed by atoms with Crippen molar-refractivity contribution in [2.24, 2.45) is 0 Å². The highest BCUT2D eigenvalue weighted by atomic mass is 35.5. The van der Waals surface area contributed by atoms with Gasteiger partial charge in [0.1, 0.15) is 17.1 Å². The highest BCUT2D eigenvalue weighted by Gasteiger charge is 2.34. The summed E-state index contributed by atoms with van der Waals surface area (Å²) < 4.78 is 36.9. The number of hydrogen-bond acceptors (Lipinski definition) is 3. The van der Waals surface area contributed by atoms with Crippen molar-refractivity contribution in [1.29, 1.82) is 0 Å². The molecular formula is C10H9ClF3NO2. The van der Waals surface area contributed by atoms with Crippen LogP contribution < -0.4 is 0 Å². The topological polar surface area (TPSA) is 50.2 Å². The number of carbonyl (C=O) groups excluding carboxylic acids is 1. The molecule has 0 aliphatic carbocycles. The lowest BCUT2D eigenvalue weighted by Gasteiger charge is -2.22. The Kier molecular flexibility index (Phi) is 3.78. The second kappa shape index (κ2) is 4.62. The molecule has 0 spiro atoms. The lowest BCUT2D eigenvalue weighted by Crippen LogP contribution is -2.23. The molecule has 1 N–H and O–H groups in total. The van der Waals surface area contributed by atoms with Gasteiger partial charge in [0.15, 0.2) is 0 Å². The second-order valence-electron chi connectivity index (χ2n) is 3.68. The van der Waals surface area contributed by atoms with Gasteiger partial charge in [-0.2, -0.15) is 13.2 Å². The number of halogens is 4. The Balaban J connectivity index is 3.18. The van der Waals surface area contributed by atoms with E-state index in [1.165, 1.54) is 6.92 Å². The zero-order chi connectivity index (χ0) is 13.3. The van der Waals surface area contributed by atoms with E-state index in [0.717, 1.165) is 6.07 Å². The van der Waals surface area contributed by atoms with Crippen molar-refractivity contribution >= 4 is 17.9 Å². The summed E-state index contributed by atoms with van der Waals surface area (Å²) in [5, 5.41) is 9.36. The van der Waals surface area contributed by atoms with Crippen molar-refractivity contribution in [2.45, 2.75) is 25.1 Å². The van der Waals surface area contributed by atoms with Crippen molar-refractivity contribution in [1.82, 2.24) is 4.98 Å². The average molecular weight is 268 g/mol. The Labute approximate surface area is 100 Å². The average Bonchev–Trinajstić information content (AvgIpc) is 2.15. The Morgan fingerprint density at radius 2 is 2.06 bits per heavy atom. The van der Waals surface area contributed by atoms with Crippen LogP contribution >= 0.6 is 11.6 Å². The first-order valence-electron chi connectivity index (χ1n) is 4.58. The largest absolute Gasteiger partial charge is 0.433 e. The monoisotopic (exact) mass is 267 g/mol. The number of aldehydes is 1. The Hall–Kier alpha value is -1.14. The van der Waals surface area contributed by atoms with Crippen LogP contribution in [0.5, 0.6) is 0 Å². The number of aromatic nitrogens is 1. The lowest BCUT2D eigenvalue weighted by molar-refractivity contribution is -0.141. The molecular weight excluding hydrogens is 259 g/mol. The third-order valence-corrected chi connectivity index (χ3v) is 2.49. The van der Waals surface area contributed by atoms with Crippen LogP contribution in [0.4, 0.5) is 13.2 Å². The van der Waals surface area contributed by atoms with Crippen LogP contribution in [-0.4, -0.2) is 16.4 Å². The van der Waals surface area contributed by atoms with Crippen LogP contribution in [0.15, 0.2) is 12.1 Å². The summed E-state index contributed by atoms with van der Waals surface area (Å²) in [6, 6.07) is 1.72. The van der Waals surface area contributed by atoms with Crippen LogP contribution in [-0.2, 0) is 16.6 Å². The molecule has 0 aliphatic heterocycles. The molecule has 1 rings (SSSR count). The van der Waals surface area contributed by atoms with Gasteiger partial charge in [-0.05, 0) is 13.0 Å². The molecule has 94 valence electrons. The maximum atomic E-state index is 12.3. The molecule has 0 amide bonds. The minimum atomic E-state index is -4.60. The minimum absolute atomic E-state index is 0.0146. The fraction of sp³-hybridized carbons (Fsp3) is 0.400. The van der Waals surface area contributed by atoms with E-state index in [1.807, 2.05) is 0 Å². The van der Waals surface area contributed by atoms with Gasteiger partial charge in [-0.3, -0.25) is 0 Å². The van der Waals surface area contributed by atoms with Crippen LogP contribution in [0.25, 0.3) is 0 Å². The molecule has 7 heteroatoms. The van der Waals surface area contributed by atoms with Crippen LogP contribution in [0.1, 0.15) is 24.6 Å². The molecule has 0 aromatic carbocycles. The first-order chi connectivity index (χ1) is 7.68. The molecule has 0 saturated heterocycles. The maximum Gasteiger partial charge on any atom is 0.433 e. The van der Waals surface area contributed by atoms with Crippen molar-refractivity contribution in [2.75, 3.05) is 0 Å². The normalized spacial score (nSPS) is 15.4. The maximum absolute atomic E-state index is 12.3. The smallest absolute Gasteiger partial charge is 0.385 e. The zero-order valence-electron chi connectivity index (χ0n) is 8.75. The van der Waals surface area contributed by atoms with Gasteiger partial charge in [0.25, 0.3) is 0 Å². The minimum Gasteiger partial charge on any atom is -0.385 e. The van der Waals surface area contributed by atoms with Gasteiger partial charge in [0.2, 0.25) is 0 Å². The molecule has 17 heavy (non-hydrogen) atoms. The predicted octanol–water partition coefficient (Wildman–Crippen LogP) is 2.55. The van der Waals surface area contributed by atoms with Gasteiger partial charge < -0.3 is 9.90 Å². The Bertz CT molecular complexity index is 432. The molecule has 1 heterocycles. The molecule has 1 atom stereocenters. The van der Waals surface area contributed by atoms with Crippen LogP contribution in [0.2, 0.25) is 5.15 Å². The van der Waals surface area contributed by atoms with Crippen LogP contribution in [0.3, 0.4) is 0 Å². The fourth-order valence-corrected chi connectivity index (χ4v) is 1.62. The summed E-state index contributed by atoms with van der Waals surface area (Å²) in [7, 11) is 0. The summed E-state index contributed by atoms with van der Waals surface area (Å²) in [6.07, 6.45) is -4.42. The Morgan fingerprint density at radius 1 is 1.47 bits per heavy atom. The second-order valence-corrected chi connectivity index (χ2v) is 4.04. The van der Waals surface area contributed by atoms with Gasteiger partial charge in [-0.15, -0.1) is 0 Å². The third-order valence-electron chi connectivity index (χ3n) is 2.20. The molecule has 1 aromatic rings. The number of nitrogens with zero attached hydrogens (tertiary/aromatic N) is 1. The summed E-state index contributed by atoms with van der Waals surface area (Å²) in [5.41, 5.74) is -2.79. The lowest BCUT2D eigenvalue weighted by atomic mass is 9.94. The van der Waals surface area contributed by atoms with E-state index < -0.39 is 22.6 Å². The first kappa shape index (κ1) is 13.9. The summed E-state index contributed by atoms with van der Waals surface area (Å²) in [4.78, 5) is 13.5. The van der Waals surface area contributed by atoms with Gasteiger partial charge in [-0.1, -0.05) is 17.7 Å². The number of hydrogen-bond donors (Lipinski definition) is 1. The number of carbonyl (C=O) groups is 1. The number of pyridine rings is 1. The highest BCUT2D eigenvalue weighted by molar-refractivity contribution is 6.30. The van der Waals surface area contributed by atoms with E-state index in [4.69, 9.17) is 11.6 Å². The SMILES string of the molecule is CC(O)(CC=O)c1ccc(C(F)(F)F)nc1Cl. The molecule has 0 radical (unpaired) electrons. The standard InChI is InChI=1S/C10H9ClF3NO2/c1-9(17,4-5-16)6-2-3-7(10(12,13)14)15-8(6)11/h2-3,5,17H,4H2,1H3. The van der Waals surface area contributed by atoms with Crippen molar-refractivity contribution in [3.05, 3.63) is 28.5 Å². The highest BCUT2D eigenvalue weighted by Crippen LogP contribution is 2.33. The fourth-order valence-electron chi connectivity index (χ4n) is 1.27. The van der Waals surface area contributed by atoms with Gasteiger partial charge >= 0.3 is 6.18 Å². The van der Waals surface area contributed by atoms with E-state index in [9.17, 15) is 23.1 Å². The first-order valence-corrected chi connectivity index (χ1v) is 4.96. The van der Waals surface area contributed by atoms with Gasteiger partial charge in [0.05, 0.1) is 5.60 Å². The van der Waals surface area contributed by atoms with E-state index in [2.05, 4.69) is 4.98 Å². The van der Waals surface area contributed by atoms with Crippen molar-refractivity contribution < 1.29 is 23.1 Å². The van der Waals surface area contributed by atoms with Gasteiger partial charge in [-0.25, -0.2) is 4.98 Å². The van der Waals surface area contributed by atoms with Crippen molar-refractivity contribution in [3.63, 3.8) is 0 Å². The Morgan fingerprint density at radius 3 is 2.47 bits per heavy atom. The molecule has 1 unspecified atom stereocenters. The molecule has 0 aliphatic rings. The zero-order valence-corrected chi connectivity index (χ0v) is 9.51. The summed E-state index contributed by atoms with van der Waals surface area (Å²) in [6.45, 7) is 1.28.